The molecule has 0 atom stereocenters. The highest BCUT2D eigenvalue weighted by atomic mass is 35.5. The number of aliphatic hydroxyl groups is 1. The molecule has 12 heteroatoms. The van der Waals surface area contributed by atoms with E-state index in [-0.39, 0.29) is 22.9 Å². The maximum Gasteiger partial charge on any atom is 0.272 e. The van der Waals surface area contributed by atoms with Gasteiger partial charge in [0.05, 0.1) is 22.6 Å². The zero-order valence-corrected chi connectivity index (χ0v) is 21.0. The molecule has 0 aliphatic carbocycles. The van der Waals surface area contributed by atoms with Gasteiger partial charge in [-0.15, -0.1) is 0 Å². The van der Waals surface area contributed by atoms with E-state index >= 15 is 0 Å². The van der Waals surface area contributed by atoms with Crippen molar-refractivity contribution >= 4 is 46.0 Å². The summed E-state index contributed by atoms with van der Waals surface area (Å²) in [6.45, 7) is 0.252. The van der Waals surface area contributed by atoms with Crippen molar-refractivity contribution in [2.75, 3.05) is 17.2 Å². The number of rotatable bonds is 8. The fourth-order valence-corrected chi connectivity index (χ4v) is 4.25. The highest BCUT2D eigenvalue weighted by Gasteiger charge is 2.19. The van der Waals surface area contributed by atoms with Gasteiger partial charge in [-0.3, -0.25) is 9.59 Å². The first-order valence-electron chi connectivity index (χ1n) is 11.7. The Morgan fingerprint density at radius 1 is 1.11 bits per heavy atom. The number of hydrogen-bond acceptors (Lipinski definition) is 5. The van der Waals surface area contributed by atoms with Crippen molar-refractivity contribution < 1.29 is 19.1 Å². The monoisotopic (exact) mass is 535 g/mol. The summed E-state index contributed by atoms with van der Waals surface area (Å²) < 4.78 is 17.6. The summed E-state index contributed by atoms with van der Waals surface area (Å²) in [6, 6.07) is 10.7. The molecule has 1 aromatic carbocycles. The van der Waals surface area contributed by atoms with Crippen LogP contribution in [-0.4, -0.2) is 47.6 Å². The van der Waals surface area contributed by atoms with E-state index in [1.165, 1.54) is 18.2 Å². The number of nitrogens with zero attached hydrogens (tertiary/aromatic N) is 4. The van der Waals surface area contributed by atoms with Gasteiger partial charge in [0.25, 0.3) is 11.8 Å². The SMILES string of the molecule is Cn1cc(NC(=O)c2cc(NC(=O)c3ccc(Cl)cc3F)cn2CCCO)cc1-c1nc2cccnc2[nH]1. The van der Waals surface area contributed by atoms with E-state index in [9.17, 15) is 19.1 Å². The number of benzene rings is 1. The largest absolute Gasteiger partial charge is 0.396 e. The summed E-state index contributed by atoms with van der Waals surface area (Å²) in [5, 5.41) is 14.9. The Labute approximate surface area is 221 Å². The number of pyridine rings is 1. The van der Waals surface area contributed by atoms with Crippen LogP contribution in [0.1, 0.15) is 27.3 Å². The lowest BCUT2D eigenvalue weighted by atomic mass is 10.2. The highest BCUT2D eigenvalue weighted by molar-refractivity contribution is 6.30. The third-order valence-electron chi connectivity index (χ3n) is 5.88. The normalized spacial score (nSPS) is 11.2. The summed E-state index contributed by atoms with van der Waals surface area (Å²) in [6.07, 6.45) is 5.38. The van der Waals surface area contributed by atoms with Crippen LogP contribution in [0, 0.1) is 5.82 Å². The molecule has 5 aromatic rings. The molecule has 4 heterocycles. The molecule has 38 heavy (non-hydrogen) atoms. The molecule has 10 nitrogen and oxygen atoms in total. The van der Waals surface area contributed by atoms with Crippen LogP contribution in [0.15, 0.2) is 61.1 Å². The Morgan fingerprint density at radius 2 is 1.89 bits per heavy atom. The Morgan fingerprint density at radius 3 is 2.66 bits per heavy atom. The van der Waals surface area contributed by atoms with Crippen LogP contribution in [0.25, 0.3) is 22.7 Å². The number of imidazole rings is 1. The first kappa shape index (κ1) is 25.2. The lowest BCUT2D eigenvalue weighted by Gasteiger charge is -2.08. The topological polar surface area (TPSA) is 130 Å². The number of aliphatic hydroxyl groups excluding tert-OH is 1. The predicted octanol–water partition coefficient (Wildman–Crippen LogP) is 4.44. The van der Waals surface area contributed by atoms with Gasteiger partial charge >= 0.3 is 0 Å². The fourth-order valence-electron chi connectivity index (χ4n) is 4.10. The zero-order valence-electron chi connectivity index (χ0n) is 20.2. The standard InChI is InChI=1S/C26H23ClFN7O3/c1-34-13-16(11-21(34)24-32-20-4-2-7-29-23(20)33-24)31-26(38)22-12-17(14-35(22)8-3-9-36)30-25(37)18-6-5-15(27)10-19(18)28/h2,4-7,10-14,36H,3,8-9H2,1H3,(H,30,37)(H,31,38)(H,29,32,33). The highest BCUT2D eigenvalue weighted by Crippen LogP contribution is 2.25. The number of aromatic amines is 1. The molecule has 2 amide bonds. The van der Waals surface area contributed by atoms with Gasteiger partial charge in [0.15, 0.2) is 11.5 Å². The molecule has 0 fully saturated rings. The Bertz CT molecular complexity index is 1620. The number of hydrogen-bond donors (Lipinski definition) is 4. The van der Waals surface area contributed by atoms with Crippen molar-refractivity contribution in [3.05, 3.63) is 83.2 Å². The number of carbonyl (C=O) groups is 2. The molecule has 0 aliphatic rings. The number of fused-ring (bicyclic) bond motifs is 1. The number of nitrogens with one attached hydrogen (secondary N) is 3. The van der Waals surface area contributed by atoms with Gasteiger partial charge in [-0.25, -0.2) is 14.4 Å². The molecular formula is C26H23ClFN7O3. The Hall–Kier alpha value is -4.48. The number of halogens is 2. The minimum atomic E-state index is -0.757. The Balaban J connectivity index is 1.37. The summed E-state index contributed by atoms with van der Waals surface area (Å²) in [5.74, 6) is -1.26. The third-order valence-corrected chi connectivity index (χ3v) is 6.12. The van der Waals surface area contributed by atoms with E-state index in [1.54, 1.807) is 35.3 Å². The number of H-pyrrole nitrogens is 1. The van der Waals surface area contributed by atoms with Crippen LogP contribution in [0.4, 0.5) is 15.8 Å². The first-order chi connectivity index (χ1) is 18.3. The minimum Gasteiger partial charge on any atom is -0.396 e. The van der Waals surface area contributed by atoms with E-state index in [4.69, 9.17) is 11.6 Å². The molecule has 0 saturated carbocycles. The molecule has 0 aliphatic heterocycles. The second-order valence-electron chi connectivity index (χ2n) is 8.60. The lowest BCUT2D eigenvalue weighted by Crippen LogP contribution is -2.17. The molecule has 4 N–H and O–H groups in total. The van der Waals surface area contributed by atoms with Crippen LogP contribution in [0.2, 0.25) is 5.02 Å². The predicted molar refractivity (Wildman–Crippen MR) is 142 cm³/mol. The number of amides is 2. The van der Waals surface area contributed by atoms with Gasteiger partial charge in [-0.1, -0.05) is 11.6 Å². The summed E-state index contributed by atoms with van der Waals surface area (Å²) in [4.78, 5) is 37.8. The Kier molecular flexibility index (Phi) is 6.95. The number of anilines is 2. The van der Waals surface area contributed by atoms with E-state index in [0.717, 1.165) is 17.3 Å². The van der Waals surface area contributed by atoms with Gasteiger partial charge in [-0.2, -0.15) is 0 Å². The number of carbonyl (C=O) groups excluding carboxylic acids is 2. The van der Waals surface area contributed by atoms with E-state index < -0.39 is 17.6 Å². The van der Waals surface area contributed by atoms with Crippen molar-refractivity contribution in [3.63, 3.8) is 0 Å². The van der Waals surface area contributed by atoms with E-state index in [0.29, 0.717) is 35.8 Å². The van der Waals surface area contributed by atoms with Crippen LogP contribution < -0.4 is 10.6 Å². The van der Waals surface area contributed by atoms with Gasteiger partial charge in [-0.05, 0) is 48.9 Å². The van der Waals surface area contributed by atoms with Crippen molar-refractivity contribution in [3.8, 4) is 11.5 Å². The molecule has 0 radical (unpaired) electrons. The van der Waals surface area contributed by atoms with Gasteiger partial charge < -0.3 is 29.9 Å². The van der Waals surface area contributed by atoms with Crippen molar-refractivity contribution in [2.24, 2.45) is 7.05 Å². The molecule has 0 saturated heterocycles. The zero-order chi connectivity index (χ0) is 26.8. The third kappa shape index (κ3) is 5.15. The molecule has 5 rings (SSSR count). The van der Waals surface area contributed by atoms with Crippen molar-refractivity contribution in [1.29, 1.82) is 0 Å². The average Bonchev–Trinajstić information content (AvgIpc) is 3.58. The van der Waals surface area contributed by atoms with Crippen molar-refractivity contribution in [2.45, 2.75) is 13.0 Å². The van der Waals surface area contributed by atoms with Gasteiger partial charge in [0.2, 0.25) is 0 Å². The fraction of sp³-hybridized carbons (Fsp3) is 0.154. The minimum absolute atomic E-state index is 0.0781. The quantitative estimate of drug-likeness (QED) is 0.233. The first-order valence-corrected chi connectivity index (χ1v) is 12.1. The average molecular weight is 536 g/mol. The summed E-state index contributed by atoms with van der Waals surface area (Å²) in [7, 11) is 1.83. The van der Waals surface area contributed by atoms with Crippen LogP contribution in [-0.2, 0) is 13.6 Å². The van der Waals surface area contributed by atoms with Gasteiger partial charge in [0, 0.05) is 43.8 Å². The number of aromatic nitrogens is 5. The molecule has 0 unspecified atom stereocenters. The van der Waals surface area contributed by atoms with Gasteiger partial charge in [0.1, 0.15) is 17.0 Å². The maximum absolute atomic E-state index is 14.2. The molecule has 0 bridgehead atoms. The number of aryl methyl sites for hydroxylation is 2. The smallest absolute Gasteiger partial charge is 0.272 e. The van der Waals surface area contributed by atoms with Crippen LogP contribution >= 0.6 is 11.6 Å². The molecular weight excluding hydrogens is 513 g/mol. The lowest BCUT2D eigenvalue weighted by molar-refractivity contribution is 0.101. The summed E-state index contributed by atoms with van der Waals surface area (Å²) >= 11 is 5.77. The molecule has 0 spiro atoms. The summed E-state index contributed by atoms with van der Waals surface area (Å²) in [5.41, 5.74) is 3.03. The molecule has 4 aromatic heterocycles. The van der Waals surface area contributed by atoms with Crippen molar-refractivity contribution in [1.82, 2.24) is 24.1 Å². The van der Waals surface area contributed by atoms with E-state index in [1.807, 2.05) is 17.7 Å². The second kappa shape index (κ2) is 10.5. The maximum atomic E-state index is 14.2. The van der Waals surface area contributed by atoms with E-state index in [2.05, 4.69) is 25.6 Å². The van der Waals surface area contributed by atoms with Crippen LogP contribution in [0.5, 0.6) is 0 Å². The second-order valence-corrected chi connectivity index (χ2v) is 9.03. The molecule has 194 valence electrons. The van der Waals surface area contributed by atoms with Crippen LogP contribution in [0.3, 0.4) is 0 Å².